The molecule has 8 bridgehead atoms. The first-order valence-electron chi connectivity index (χ1n) is 18.3. The van der Waals surface area contributed by atoms with Crippen LogP contribution in [0.25, 0.3) is 44.4 Å². The number of aromatic nitrogens is 4. The number of nitrogens with zero attached hydrogens (tertiary/aromatic N) is 2. The number of hydrogen-bond donors (Lipinski definition) is 10. The highest BCUT2D eigenvalue weighted by molar-refractivity contribution is 6.03. The van der Waals surface area contributed by atoms with Crippen molar-refractivity contribution in [3.63, 3.8) is 0 Å². The number of rotatable bonds is 20. The van der Waals surface area contributed by atoms with Crippen LogP contribution in [0.2, 0.25) is 0 Å². The maximum Gasteiger partial charge on any atom is 0.307 e. The molecule has 0 radical (unpaired) electrons. The van der Waals surface area contributed by atoms with Crippen LogP contribution in [0.4, 0.5) is 0 Å². The molecule has 0 fully saturated rings. The van der Waals surface area contributed by atoms with Crippen LogP contribution >= 0.6 is 24.8 Å². The fourth-order valence-corrected chi connectivity index (χ4v) is 7.37. The summed E-state index contributed by atoms with van der Waals surface area (Å²) < 4.78 is 0. The van der Waals surface area contributed by atoms with Crippen molar-refractivity contribution < 1.29 is 79.2 Å². The average Bonchev–Trinajstić information content (AvgIpc) is 3.81. The summed E-state index contributed by atoms with van der Waals surface area (Å²) in [6.45, 7) is 0. The highest BCUT2D eigenvalue weighted by atomic mass is 35.5. The lowest BCUT2D eigenvalue weighted by atomic mass is 9.95. The molecule has 0 spiro atoms. The summed E-state index contributed by atoms with van der Waals surface area (Å²) in [5.74, 6) is -10.3. The first kappa shape index (κ1) is 49.3. The van der Waals surface area contributed by atoms with Gasteiger partial charge in [0, 0.05) is 47.8 Å². The summed E-state index contributed by atoms with van der Waals surface area (Å²) in [4.78, 5) is 112. The van der Waals surface area contributed by atoms with E-state index < -0.39 is 99.1 Å². The van der Waals surface area contributed by atoms with E-state index in [-0.39, 0.29) is 140 Å². The Morgan fingerprint density at radius 3 is 0.984 bits per heavy atom. The Labute approximate surface area is 361 Å². The number of carboxylic acid groups (broad SMARTS) is 8. The van der Waals surface area contributed by atoms with Gasteiger partial charge < -0.3 is 50.8 Å². The van der Waals surface area contributed by atoms with Gasteiger partial charge in [-0.1, -0.05) is 0 Å². The number of nitrogens with one attached hydrogen (secondary N) is 2. The zero-order valence-electron chi connectivity index (χ0n) is 32.3. The van der Waals surface area contributed by atoms with Crippen molar-refractivity contribution in [2.75, 3.05) is 0 Å². The Morgan fingerprint density at radius 1 is 0.355 bits per heavy atom. The molecule has 22 heteroatoms. The Morgan fingerprint density at radius 2 is 0.645 bits per heavy atom. The van der Waals surface area contributed by atoms with E-state index in [1.54, 1.807) is 0 Å². The van der Waals surface area contributed by atoms with Gasteiger partial charge in [0.2, 0.25) is 0 Å². The van der Waals surface area contributed by atoms with Crippen molar-refractivity contribution in [1.29, 1.82) is 0 Å². The third-order valence-corrected chi connectivity index (χ3v) is 9.81. The molecule has 3 aromatic rings. The van der Waals surface area contributed by atoms with Gasteiger partial charge in [-0.2, -0.15) is 0 Å². The first-order valence-corrected chi connectivity index (χ1v) is 18.3. The molecule has 2 aliphatic rings. The second-order valence-corrected chi connectivity index (χ2v) is 13.9. The van der Waals surface area contributed by atoms with Gasteiger partial charge >= 0.3 is 47.8 Å². The Kier molecular flexibility index (Phi) is 16.7. The molecule has 10 N–H and O–H groups in total. The van der Waals surface area contributed by atoms with Crippen LogP contribution in [-0.2, 0) is 64.0 Å². The summed E-state index contributed by atoms with van der Waals surface area (Å²) in [7, 11) is 0. The number of halogens is 2. The normalized spacial score (nSPS) is 12.0. The second-order valence-electron chi connectivity index (χ2n) is 13.9. The largest absolute Gasteiger partial charge is 0.481 e. The zero-order chi connectivity index (χ0) is 44.0. The van der Waals surface area contributed by atoms with E-state index in [2.05, 4.69) is 19.9 Å². The molecule has 0 saturated carbocycles. The predicted molar refractivity (Wildman–Crippen MR) is 222 cm³/mol. The van der Waals surface area contributed by atoms with E-state index in [4.69, 9.17) is 0 Å². The highest BCUT2D eigenvalue weighted by Gasteiger charge is 2.28. The van der Waals surface area contributed by atoms with Gasteiger partial charge in [-0.3, -0.25) is 38.4 Å². The van der Waals surface area contributed by atoms with E-state index in [1.165, 1.54) is 24.3 Å². The van der Waals surface area contributed by atoms with Crippen molar-refractivity contribution in [3.8, 4) is 0 Å². The topological polar surface area (TPSA) is 356 Å². The number of carbonyl (C=O) groups is 8. The lowest BCUT2D eigenvalue weighted by Crippen LogP contribution is -2.04. The van der Waals surface area contributed by atoms with Gasteiger partial charge in [0.05, 0.1) is 48.5 Å². The summed E-state index contributed by atoms with van der Waals surface area (Å²) in [5, 5.41) is 78.6. The van der Waals surface area contributed by atoms with Gasteiger partial charge in [-0.15, -0.1) is 24.8 Å². The molecule has 0 aliphatic carbocycles. The minimum absolute atomic E-state index is 0. The zero-order valence-corrected chi connectivity index (χ0v) is 34.0. The van der Waals surface area contributed by atoms with Crippen LogP contribution < -0.4 is 0 Å². The van der Waals surface area contributed by atoms with E-state index in [0.717, 1.165) is 0 Å². The van der Waals surface area contributed by atoms with Gasteiger partial charge in [-0.25, -0.2) is 9.97 Å². The number of aliphatic carboxylic acids is 8. The molecule has 0 atom stereocenters. The van der Waals surface area contributed by atoms with Crippen molar-refractivity contribution in [2.45, 2.75) is 77.0 Å². The summed E-state index contributed by atoms with van der Waals surface area (Å²) in [6.07, 6.45) is -5.73. The lowest BCUT2D eigenvalue weighted by Gasteiger charge is -2.07. The summed E-state index contributed by atoms with van der Waals surface area (Å²) in [5.41, 5.74) is 1.10. The van der Waals surface area contributed by atoms with Crippen LogP contribution in [0.15, 0.2) is 24.3 Å². The molecular weight excluding hydrogens is 863 g/mol. The summed E-state index contributed by atoms with van der Waals surface area (Å²) in [6, 6.07) is 5.39. The van der Waals surface area contributed by atoms with Crippen molar-refractivity contribution in [1.82, 2.24) is 19.9 Å². The highest BCUT2D eigenvalue weighted by Crippen LogP contribution is 2.40. The molecule has 5 heterocycles. The smallest absolute Gasteiger partial charge is 0.307 e. The number of H-pyrrole nitrogens is 2. The molecule has 62 heavy (non-hydrogen) atoms. The van der Waals surface area contributed by atoms with Crippen LogP contribution in [0.3, 0.4) is 0 Å². The van der Waals surface area contributed by atoms with Crippen molar-refractivity contribution in [2.24, 2.45) is 0 Å². The lowest BCUT2D eigenvalue weighted by molar-refractivity contribution is -0.138. The number of allylic oxidation sites excluding steroid dienone is 2. The van der Waals surface area contributed by atoms with E-state index in [9.17, 15) is 79.2 Å². The standard InChI is InChI=1S/C40H38N4O16.2ClH/c45-33(46)5-1-17-21(9-37(53)54)29-14-27-19(3-7-35(49)50)22(10-38(55)56)30(43-27)15-28-20(4-8-36(51)52)24(12-40(59)60)32(44-28)16-31-23(11-39(57)58)18(2-6-34(47)48)26(42-31)13-25(17)41-29;;/h13-16,41-42H,1-12H2,(H,45,46)(H,47,48)(H,49,50)(H,51,52)(H,53,54)(H,55,56)(H,57,58)(H,59,60);2*1H. The minimum Gasteiger partial charge on any atom is -0.481 e. The minimum atomic E-state index is -1.35. The predicted octanol–water partition coefficient (Wildman–Crippen LogP) is 4.95. The van der Waals surface area contributed by atoms with Crippen LogP contribution in [0.1, 0.15) is 96.4 Å². The van der Waals surface area contributed by atoms with Crippen molar-refractivity contribution >= 4 is 117 Å². The molecule has 330 valence electrons. The SMILES string of the molecule is Cl.Cl.O=C(O)CCC1=C(CC(=O)O)c2cc3nc(cc4[nH]c(cc5[nH]c(cc1n2)c(CC(=O)O)c5CCC(=O)O)c(CCC(=O)O)c4CC(=O)O)C(CC(=O)O)=C3CCC(=O)O. The molecule has 5 rings (SSSR count). The molecule has 20 nitrogen and oxygen atoms in total. The number of carboxylic acids is 8. The molecule has 0 saturated heterocycles. The fourth-order valence-electron chi connectivity index (χ4n) is 7.37. The molecular formula is C40H40Cl2N4O16. The second kappa shape index (κ2) is 21.0. The van der Waals surface area contributed by atoms with Gasteiger partial charge in [0.15, 0.2) is 0 Å². The number of fused-ring (bicyclic) bond motifs is 8. The Balaban J connectivity index is 0.00000512. The Hall–Kier alpha value is -7.06. The molecule has 3 aromatic heterocycles. The van der Waals surface area contributed by atoms with Gasteiger partial charge in [0.1, 0.15) is 0 Å². The number of aromatic amines is 2. The van der Waals surface area contributed by atoms with Crippen LogP contribution in [-0.4, -0.2) is 109 Å². The fraction of sp³-hybridized carbons (Fsp3) is 0.300. The van der Waals surface area contributed by atoms with Crippen molar-refractivity contribution in [3.05, 3.63) is 69.3 Å². The van der Waals surface area contributed by atoms with Crippen LogP contribution in [0, 0.1) is 0 Å². The monoisotopic (exact) mass is 902 g/mol. The quantitative estimate of drug-likeness (QED) is 0.0717. The molecule has 0 aromatic carbocycles. The molecule has 2 aliphatic heterocycles. The van der Waals surface area contributed by atoms with Crippen LogP contribution in [0.5, 0.6) is 0 Å². The van der Waals surface area contributed by atoms with E-state index in [0.29, 0.717) is 0 Å². The summed E-state index contributed by atoms with van der Waals surface area (Å²) >= 11 is 0. The number of aryl methyl sites for hydroxylation is 2. The maximum absolute atomic E-state index is 12.3. The third-order valence-electron chi connectivity index (χ3n) is 9.81. The van der Waals surface area contributed by atoms with E-state index >= 15 is 0 Å². The first-order chi connectivity index (χ1) is 28.3. The average molecular weight is 904 g/mol. The maximum atomic E-state index is 12.3. The van der Waals surface area contributed by atoms with E-state index in [1.807, 2.05) is 0 Å². The Bertz CT molecular complexity index is 2610. The number of hydrogen-bond acceptors (Lipinski definition) is 10. The molecule has 0 amide bonds. The third kappa shape index (κ3) is 12.0. The van der Waals surface area contributed by atoms with Gasteiger partial charge in [0.25, 0.3) is 0 Å². The van der Waals surface area contributed by atoms with Gasteiger partial charge in [-0.05, 0) is 94.5 Å². The molecule has 0 unspecified atom stereocenters.